The third-order valence-corrected chi connectivity index (χ3v) is 3.94. The smallest absolute Gasteiger partial charge is 0.231 e. The van der Waals surface area contributed by atoms with E-state index < -0.39 is 0 Å². The maximum atomic E-state index is 5.58. The van der Waals surface area contributed by atoms with Gasteiger partial charge in [0.25, 0.3) is 0 Å². The topological polar surface area (TPSA) is 30.7 Å². The van der Waals surface area contributed by atoms with Crippen LogP contribution in [-0.2, 0) is 6.42 Å². The Morgan fingerprint density at radius 2 is 1.95 bits per heavy atom. The molecule has 0 N–H and O–H groups in total. The summed E-state index contributed by atoms with van der Waals surface area (Å²) in [5, 5.41) is 0. The molecule has 0 saturated heterocycles. The fourth-order valence-electron chi connectivity index (χ4n) is 2.91. The molecule has 0 fully saturated rings. The molecular weight excluding hydrogens is 346 g/mol. The lowest BCUT2D eigenvalue weighted by Crippen LogP contribution is -3.00. The van der Waals surface area contributed by atoms with Gasteiger partial charge >= 0.3 is 0 Å². The Bertz CT molecular complexity index is 728. The molecule has 2 heterocycles. The maximum absolute atomic E-state index is 5.58. The molecule has 0 saturated carbocycles. The van der Waals surface area contributed by atoms with Crippen LogP contribution in [0.1, 0.15) is 11.1 Å². The lowest BCUT2D eigenvalue weighted by molar-refractivity contribution is -0.436. The van der Waals surface area contributed by atoms with E-state index in [2.05, 4.69) is 41.1 Å². The predicted octanol–water partition coefficient (Wildman–Crippen LogP) is -0.253. The molecule has 0 amide bonds. The quantitative estimate of drug-likeness (QED) is 0.691. The third-order valence-electron chi connectivity index (χ3n) is 3.94. The number of fused-ring (bicyclic) bond motifs is 2. The second-order valence-electron chi connectivity index (χ2n) is 5.12. The van der Waals surface area contributed by atoms with E-state index in [1.54, 1.807) is 7.11 Å². The lowest BCUT2D eigenvalue weighted by Gasteiger charge is -2.16. The van der Waals surface area contributed by atoms with Gasteiger partial charge in [0.2, 0.25) is 18.2 Å². The molecule has 5 heteroatoms. The summed E-state index contributed by atoms with van der Waals surface area (Å²) in [5.41, 5.74) is 3.50. The molecule has 0 spiro atoms. The highest BCUT2D eigenvalue weighted by atomic mass is 79.9. The van der Waals surface area contributed by atoms with Crippen molar-refractivity contribution in [1.82, 2.24) is 0 Å². The molecule has 0 radical (unpaired) electrons. The molecule has 22 heavy (non-hydrogen) atoms. The van der Waals surface area contributed by atoms with Crippen LogP contribution in [0.3, 0.4) is 0 Å². The van der Waals surface area contributed by atoms with Crippen molar-refractivity contribution < 1.29 is 35.8 Å². The summed E-state index contributed by atoms with van der Waals surface area (Å²) in [5.74, 6) is 2.26. The Morgan fingerprint density at radius 3 is 2.73 bits per heavy atom. The van der Waals surface area contributed by atoms with Crippen molar-refractivity contribution in [2.45, 2.75) is 6.42 Å². The molecule has 0 aliphatic carbocycles. The van der Waals surface area contributed by atoms with Crippen LogP contribution < -0.4 is 31.2 Å². The van der Waals surface area contributed by atoms with E-state index in [-0.39, 0.29) is 23.8 Å². The van der Waals surface area contributed by atoms with E-state index in [0.717, 1.165) is 30.0 Å². The van der Waals surface area contributed by atoms with Gasteiger partial charge in [-0.1, -0.05) is 18.2 Å². The minimum absolute atomic E-state index is 0. The maximum Gasteiger partial charge on any atom is 0.231 e. The molecule has 114 valence electrons. The standard InChI is InChI=1S/C17H16NO3.BrH/c1-19-16-14-10-18(13-5-3-2-4-6-13)8-7-12(14)9-15-17(16)21-11-20-15;/h2-6,9-10H,7-8,11H2,1H3;1H/q+1;/p-1. The fourth-order valence-corrected chi connectivity index (χ4v) is 2.91. The van der Waals surface area contributed by atoms with E-state index >= 15 is 0 Å². The summed E-state index contributed by atoms with van der Waals surface area (Å²) >= 11 is 0. The third kappa shape index (κ3) is 2.35. The van der Waals surface area contributed by atoms with Gasteiger partial charge in [-0.25, -0.2) is 0 Å². The molecule has 2 aliphatic rings. The van der Waals surface area contributed by atoms with Crippen LogP contribution in [0.25, 0.3) is 0 Å². The number of hydrogen-bond donors (Lipinski definition) is 0. The zero-order chi connectivity index (χ0) is 14.2. The summed E-state index contributed by atoms with van der Waals surface area (Å²) in [7, 11) is 1.67. The van der Waals surface area contributed by atoms with Gasteiger partial charge in [-0.05, 0) is 11.6 Å². The van der Waals surface area contributed by atoms with Crippen LogP contribution in [0.4, 0.5) is 5.69 Å². The number of rotatable bonds is 2. The van der Waals surface area contributed by atoms with Crippen LogP contribution in [0.15, 0.2) is 36.4 Å². The van der Waals surface area contributed by atoms with Crippen LogP contribution >= 0.6 is 0 Å². The van der Waals surface area contributed by atoms with Crippen LogP contribution in [0.5, 0.6) is 17.2 Å². The monoisotopic (exact) mass is 361 g/mol. The van der Waals surface area contributed by atoms with Gasteiger partial charge in [-0.3, -0.25) is 0 Å². The van der Waals surface area contributed by atoms with Crippen molar-refractivity contribution in [3.05, 3.63) is 47.5 Å². The average Bonchev–Trinajstić information content (AvgIpc) is 3.01. The highest BCUT2D eigenvalue weighted by molar-refractivity contribution is 5.87. The average molecular weight is 362 g/mol. The number of nitrogens with zero attached hydrogens (tertiary/aromatic N) is 1. The van der Waals surface area contributed by atoms with E-state index in [1.807, 2.05) is 6.07 Å². The molecule has 2 aliphatic heterocycles. The number of methoxy groups -OCH3 is 1. The minimum Gasteiger partial charge on any atom is -1.00 e. The van der Waals surface area contributed by atoms with Gasteiger partial charge in [-0.15, -0.1) is 0 Å². The van der Waals surface area contributed by atoms with Crippen molar-refractivity contribution in [2.24, 2.45) is 0 Å². The first-order chi connectivity index (χ1) is 10.4. The Kier molecular flexibility index (Phi) is 4.07. The van der Waals surface area contributed by atoms with Gasteiger partial charge in [-0.2, -0.15) is 4.58 Å². The predicted molar refractivity (Wildman–Crippen MR) is 79.2 cm³/mol. The Morgan fingerprint density at radius 1 is 1.14 bits per heavy atom. The summed E-state index contributed by atoms with van der Waals surface area (Å²) < 4.78 is 18.9. The normalized spacial score (nSPS) is 14.7. The number of ether oxygens (including phenoxy) is 3. The molecule has 0 aromatic heterocycles. The van der Waals surface area contributed by atoms with Crippen LogP contribution in [0.2, 0.25) is 0 Å². The Labute approximate surface area is 139 Å². The van der Waals surface area contributed by atoms with Gasteiger partial charge in [0.05, 0.1) is 12.7 Å². The van der Waals surface area contributed by atoms with Crippen LogP contribution in [-0.4, -0.2) is 31.2 Å². The van der Waals surface area contributed by atoms with Crippen molar-refractivity contribution in [3.8, 4) is 17.2 Å². The van der Waals surface area contributed by atoms with Crippen LogP contribution in [0, 0.1) is 0 Å². The van der Waals surface area contributed by atoms with Gasteiger partial charge < -0.3 is 31.2 Å². The highest BCUT2D eigenvalue weighted by Gasteiger charge is 2.29. The zero-order valence-corrected chi connectivity index (χ0v) is 13.8. The summed E-state index contributed by atoms with van der Waals surface area (Å²) in [6, 6.07) is 12.4. The first-order valence-corrected chi connectivity index (χ1v) is 7.03. The SMILES string of the molecule is COc1c2c(cc3c1OCO3)CC[N+](c1ccccc1)=C2.[Br-]. The molecular formula is C17H16BrNO3. The van der Waals surface area contributed by atoms with Crippen molar-refractivity contribution >= 4 is 11.9 Å². The molecule has 2 aromatic carbocycles. The van der Waals surface area contributed by atoms with Crippen molar-refractivity contribution in [1.29, 1.82) is 0 Å². The molecule has 0 bridgehead atoms. The fraction of sp³-hybridized carbons (Fsp3) is 0.235. The second-order valence-corrected chi connectivity index (χ2v) is 5.12. The molecule has 4 rings (SSSR count). The molecule has 0 atom stereocenters. The summed E-state index contributed by atoms with van der Waals surface area (Å²) in [6.07, 6.45) is 3.09. The van der Waals surface area contributed by atoms with E-state index in [0.29, 0.717) is 5.75 Å². The number of benzene rings is 2. The second kappa shape index (κ2) is 6.01. The van der Waals surface area contributed by atoms with E-state index in [9.17, 15) is 0 Å². The first kappa shape index (κ1) is 14.9. The van der Waals surface area contributed by atoms with E-state index in [1.165, 1.54) is 11.3 Å². The van der Waals surface area contributed by atoms with Crippen molar-refractivity contribution in [3.63, 3.8) is 0 Å². The largest absolute Gasteiger partial charge is 1.00 e. The summed E-state index contributed by atoms with van der Waals surface area (Å²) in [6.45, 7) is 1.21. The van der Waals surface area contributed by atoms with Gasteiger partial charge in [0.15, 0.2) is 24.3 Å². The number of para-hydroxylation sites is 1. The molecule has 4 nitrogen and oxygen atoms in total. The molecule has 0 unspecified atom stereocenters. The lowest BCUT2D eigenvalue weighted by atomic mass is 9.99. The first-order valence-electron chi connectivity index (χ1n) is 7.03. The van der Waals surface area contributed by atoms with Crippen molar-refractivity contribution in [2.75, 3.05) is 20.4 Å². The zero-order valence-electron chi connectivity index (χ0n) is 12.2. The minimum atomic E-state index is 0. The highest BCUT2D eigenvalue weighted by Crippen LogP contribution is 2.45. The number of hydrogen-bond acceptors (Lipinski definition) is 3. The number of halogens is 1. The van der Waals surface area contributed by atoms with Gasteiger partial charge in [0, 0.05) is 18.6 Å². The Balaban J connectivity index is 0.00000144. The van der Waals surface area contributed by atoms with Gasteiger partial charge in [0.1, 0.15) is 0 Å². The molecule has 2 aromatic rings. The van der Waals surface area contributed by atoms with E-state index in [4.69, 9.17) is 14.2 Å². The summed E-state index contributed by atoms with van der Waals surface area (Å²) in [4.78, 5) is 0. The Hall–Kier alpha value is -2.01.